The van der Waals surface area contributed by atoms with Crippen LogP contribution in [-0.4, -0.2) is 43.1 Å². The van der Waals surface area contributed by atoms with Gasteiger partial charge in [0.05, 0.1) is 12.8 Å². The first kappa shape index (κ1) is 27.4. The summed E-state index contributed by atoms with van der Waals surface area (Å²) in [4.78, 5) is 31.6. The van der Waals surface area contributed by atoms with Gasteiger partial charge in [-0.25, -0.2) is 10.2 Å². The average molecular weight is 555 g/mol. The number of hydrogen-bond donors (Lipinski definition) is 3. The Hall–Kier alpha value is -5.16. The second-order valence-corrected chi connectivity index (χ2v) is 9.53. The molecule has 3 N–H and O–H groups in total. The van der Waals surface area contributed by atoms with E-state index in [1.165, 1.54) is 16.2 Å². The number of rotatable bonds is 11. The Bertz CT molecular complexity index is 1760. The first-order valence-electron chi connectivity index (χ1n) is 13.0. The van der Waals surface area contributed by atoms with E-state index in [0.29, 0.717) is 12.4 Å². The first-order valence-corrected chi connectivity index (χ1v) is 13.0. The van der Waals surface area contributed by atoms with Gasteiger partial charge >= 0.3 is 5.69 Å². The number of hydrogen-bond acceptors (Lipinski definition) is 8. The van der Waals surface area contributed by atoms with Crippen LogP contribution in [0.25, 0.3) is 11.2 Å². The SMILES string of the molecule is Cc1ccc(OCC(O)Cn2c(NN=Cc3ccc(OCc4ccccc4)cc3)nc3c2c(=O)[nH]c(=O)n3C)cc1. The monoisotopic (exact) mass is 554 g/mol. The number of benzene rings is 3. The fourth-order valence-corrected chi connectivity index (χ4v) is 4.14. The van der Waals surface area contributed by atoms with Crippen molar-refractivity contribution in [3.05, 3.63) is 116 Å². The Morgan fingerprint density at radius 2 is 1.68 bits per heavy atom. The number of aliphatic hydroxyl groups excluding tert-OH is 1. The lowest BCUT2D eigenvalue weighted by Crippen LogP contribution is -2.30. The summed E-state index contributed by atoms with van der Waals surface area (Å²) in [6, 6.07) is 24.8. The zero-order chi connectivity index (χ0) is 28.8. The molecule has 0 aliphatic rings. The van der Waals surface area contributed by atoms with Crippen molar-refractivity contribution in [3.8, 4) is 11.5 Å². The number of imidazole rings is 1. The van der Waals surface area contributed by atoms with Crippen LogP contribution < -0.4 is 26.1 Å². The Morgan fingerprint density at radius 3 is 2.41 bits per heavy atom. The maximum absolute atomic E-state index is 12.7. The second kappa shape index (κ2) is 12.3. The number of nitrogens with one attached hydrogen (secondary N) is 2. The van der Waals surface area contributed by atoms with Gasteiger partial charge in [0.15, 0.2) is 11.2 Å². The predicted molar refractivity (Wildman–Crippen MR) is 157 cm³/mol. The molecule has 0 amide bonds. The Labute approximate surface area is 235 Å². The molecule has 5 rings (SSSR count). The van der Waals surface area contributed by atoms with E-state index < -0.39 is 17.4 Å². The van der Waals surface area contributed by atoms with Crippen LogP contribution in [0.5, 0.6) is 11.5 Å². The van der Waals surface area contributed by atoms with Gasteiger partial charge < -0.3 is 19.1 Å². The molecule has 3 aromatic carbocycles. The molecular formula is C30H30N6O5. The highest BCUT2D eigenvalue weighted by Gasteiger charge is 2.20. The van der Waals surface area contributed by atoms with E-state index in [4.69, 9.17) is 9.47 Å². The Kier molecular flexibility index (Phi) is 8.26. The topological polar surface area (TPSA) is 136 Å². The van der Waals surface area contributed by atoms with E-state index in [-0.39, 0.29) is 30.3 Å². The fraction of sp³-hybridized carbons (Fsp3) is 0.200. The van der Waals surface area contributed by atoms with Gasteiger partial charge in [0.1, 0.15) is 30.8 Å². The van der Waals surface area contributed by atoms with Crippen LogP contribution >= 0.6 is 0 Å². The second-order valence-electron chi connectivity index (χ2n) is 9.53. The molecule has 210 valence electrons. The standard InChI is InChI=1S/C30H30N6O5/c1-20-8-12-24(13-9-20)41-19-23(37)17-36-26-27(35(2)30(39)33-28(26)38)32-29(36)34-31-16-21-10-14-25(15-11-21)40-18-22-6-4-3-5-7-22/h3-16,23,37H,17-19H2,1-2H3,(H,32,34)(H,33,38,39). The van der Waals surface area contributed by atoms with Crippen LogP contribution in [0, 0.1) is 6.92 Å². The molecule has 2 aromatic heterocycles. The maximum atomic E-state index is 12.7. The normalized spacial score (nSPS) is 12.1. The van der Waals surface area contributed by atoms with E-state index in [1.54, 1.807) is 6.21 Å². The molecule has 0 aliphatic heterocycles. The number of aromatic amines is 1. The van der Waals surface area contributed by atoms with Gasteiger partial charge in [0, 0.05) is 7.05 Å². The number of nitrogens with zero attached hydrogens (tertiary/aromatic N) is 4. The number of ether oxygens (including phenoxy) is 2. The smallest absolute Gasteiger partial charge is 0.329 e. The average Bonchev–Trinajstić information content (AvgIpc) is 3.34. The van der Waals surface area contributed by atoms with Gasteiger partial charge in [-0.1, -0.05) is 48.0 Å². The lowest BCUT2D eigenvalue weighted by Gasteiger charge is -2.15. The Balaban J connectivity index is 1.30. The summed E-state index contributed by atoms with van der Waals surface area (Å²) < 4.78 is 14.2. The molecule has 1 unspecified atom stereocenters. The van der Waals surface area contributed by atoms with Crippen molar-refractivity contribution in [2.75, 3.05) is 12.0 Å². The van der Waals surface area contributed by atoms with Gasteiger partial charge in [-0.15, -0.1) is 0 Å². The van der Waals surface area contributed by atoms with Crippen molar-refractivity contribution in [1.29, 1.82) is 0 Å². The third-order valence-corrected chi connectivity index (χ3v) is 6.37. The summed E-state index contributed by atoms with van der Waals surface area (Å²) in [7, 11) is 1.50. The highest BCUT2D eigenvalue weighted by Crippen LogP contribution is 2.18. The van der Waals surface area contributed by atoms with Crippen molar-refractivity contribution in [2.24, 2.45) is 12.1 Å². The van der Waals surface area contributed by atoms with Crippen LogP contribution in [0.15, 0.2) is 93.6 Å². The minimum atomic E-state index is -0.988. The number of aliphatic hydroxyl groups is 1. The van der Waals surface area contributed by atoms with Gasteiger partial charge in [-0.05, 0) is 54.4 Å². The highest BCUT2D eigenvalue weighted by atomic mass is 16.5. The zero-order valence-electron chi connectivity index (χ0n) is 22.7. The minimum Gasteiger partial charge on any atom is -0.491 e. The third kappa shape index (κ3) is 6.71. The molecule has 5 aromatic rings. The van der Waals surface area contributed by atoms with Crippen LogP contribution in [0.1, 0.15) is 16.7 Å². The highest BCUT2D eigenvalue weighted by molar-refractivity contribution is 5.80. The number of hydrazone groups is 1. The van der Waals surface area contributed by atoms with Crippen LogP contribution in [0.4, 0.5) is 5.95 Å². The summed E-state index contributed by atoms with van der Waals surface area (Å²) in [5.74, 6) is 1.52. The molecule has 0 aliphatic carbocycles. The van der Waals surface area contributed by atoms with E-state index in [2.05, 4.69) is 20.5 Å². The molecule has 0 saturated carbocycles. The first-order chi connectivity index (χ1) is 19.9. The van der Waals surface area contributed by atoms with Gasteiger partial charge in [0.25, 0.3) is 5.56 Å². The number of aryl methyl sites for hydroxylation is 2. The Morgan fingerprint density at radius 1 is 1.00 bits per heavy atom. The third-order valence-electron chi connectivity index (χ3n) is 6.37. The quantitative estimate of drug-likeness (QED) is 0.169. The summed E-state index contributed by atoms with van der Waals surface area (Å²) >= 11 is 0. The fourth-order valence-electron chi connectivity index (χ4n) is 4.14. The van der Waals surface area contributed by atoms with Crippen LogP contribution in [0.2, 0.25) is 0 Å². The van der Waals surface area contributed by atoms with Gasteiger partial charge in [0.2, 0.25) is 5.95 Å². The number of H-pyrrole nitrogens is 1. The molecule has 1 atom stereocenters. The molecule has 0 saturated heterocycles. The van der Waals surface area contributed by atoms with E-state index in [0.717, 1.165) is 22.4 Å². The van der Waals surface area contributed by atoms with E-state index in [9.17, 15) is 14.7 Å². The predicted octanol–water partition coefficient (Wildman–Crippen LogP) is 3.20. The van der Waals surface area contributed by atoms with Gasteiger partial charge in [-0.3, -0.25) is 14.3 Å². The molecule has 11 nitrogen and oxygen atoms in total. The molecule has 0 radical (unpaired) electrons. The largest absolute Gasteiger partial charge is 0.491 e. The molecule has 0 fully saturated rings. The van der Waals surface area contributed by atoms with Crippen molar-refractivity contribution in [2.45, 2.75) is 26.2 Å². The lowest BCUT2D eigenvalue weighted by molar-refractivity contribution is 0.0938. The van der Waals surface area contributed by atoms with Crippen molar-refractivity contribution >= 4 is 23.3 Å². The molecule has 41 heavy (non-hydrogen) atoms. The lowest BCUT2D eigenvalue weighted by atomic mass is 10.2. The molecule has 11 heteroatoms. The number of aromatic nitrogens is 4. The number of anilines is 1. The van der Waals surface area contributed by atoms with E-state index in [1.807, 2.05) is 85.8 Å². The summed E-state index contributed by atoms with van der Waals surface area (Å²) in [6.07, 6.45) is 0.600. The van der Waals surface area contributed by atoms with Crippen molar-refractivity contribution < 1.29 is 14.6 Å². The molecular weight excluding hydrogens is 524 g/mol. The van der Waals surface area contributed by atoms with Crippen LogP contribution in [0.3, 0.4) is 0 Å². The van der Waals surface area contributed by atoms with Crippen molar-refractivity contribution in [1.82, 2.24) is 19.1 Å². The van der Waals surface area contributed by atoms with Crippen LogP contribution in [-0.2, 0) is 20.2 Å². The van der Waals surface area contributed by atoms with Crippen molar-refractivity contribution in [3.63, 3.8) is 0 Å². The molecule has 0 spiro atoms. The van der Waals surface area contributed by atoms with Gasteiger partial charge in [-0.2, -0.15) is 10.1 Å². The number of fused-ring (bicyclic) bond motifs is 1. The van der Waals surface area contributed by atoms with E-state index >= 15 is 0 Å². The summed E-state index contributed by atoms with van der Waals surface area (Å²) in [5.41, 5.74) is 4.87. The summed E-state index contributed by atoms with van der Waals surface area (Å²) in [6.45, 7) is 2.39. The summed E-state index contributed by atoms with van der Waals surface area (Å²) in [5, 5.41) is 15.0. The maximum Gasteiger partial charge on any atom is 0.329 e. The minimum absolute atomic E-state index is 0.0200. The molecule has 0 bridgehead atoms. The zero-order valence-corrected chi connectivity index (χ0v) is 22.7. The molecule has 2 heterocycles.